The summed E-state index contributed by atoms with van der Waals surface area (Å²) in [6, 6.07) is 22.4. The maximum Gasteiger partial charge on any atom is 0.224 e. The van der Waals surface area contributed by atoms with Gasteiger partial charge in [0, 0.05) is 25.8 Å². The van der Waals surface area contributed by atoms with Gasteiger partial charge in [0.25, 0.3) is 0 Å². The molecule has 148 valence electrons. The number of hydrogen-bond donors (Lipinski definition) is 1. The van der Waals surface area contributed by atoms with Crippen LogP contribution in [0.1, 0.15) is 11.1 Å². The third-order valence-corrected chi connectivity index (χ3v) is 5.06. The molecule has 0 spiro atoms. The molecule has 2 heterocycles. The predicted molar refractivity (Wildman–Crippen MR) is 115 cm³/mol. The molecular weight excluding hydrogens is 362 g/mol. The monoisotopic (exact) mass is 387 g/mol. The molecule has 29 heavy (non-hydrogen) atoms. The van der Waals surface area contributed by atoms with Crippen molar-refractivity contribution >= 4 is 11.7 Å². The summed E-state index contributed by atoms with van der Waals surface area (Å²) in [6.45, 7) is 3.70. The van der Waals surface area contributed by atoms with E-state index in [1.807, 2.05) is 48.7 Å². The van der Waals surface area contributed by atoms with E-state index in [4.69, 9.17) is 4.74 Å². The number of carbonyl (C=O) groups is 1. The summed E-state index contributed by atoms with van der Waals surface area (Å²) < 4.78 is 5.37. The summed E-state index contributed by atoms with van der Waals surface area (Å²) in [6.07, 6.45) is 2.20. The van der Waals surface area contributed by atoms with Crippen LogP contribution < -0.4 is 10.2 Å². The minimum absolute atomic E-state index is 0.00900. The average Bonchev–Trinajstić information content (AvgIpc) is 2.80. The molecular formula is C24H25N3O2. The summed E-state index contributed by atoms with van der Waals surface area (Å²) in [5.74, 6) is 0.969. The van der Waals surface area contributed by atoms with Crippen molar-refractivity contribution in [3.63, 3.8) is 0 Å². The fraction of sp³-hybridized carbons (Fsp3) is 0.250. The van der Waals surface area contributed by atoms with Gasteiger partial charge in [-0.1, -0.05) is 60.7 Å². The molecule has 0 bridgehead atoms. The normalized spacial score (nSPS) is 13.9. The number of hydrogen-bond acceptors (Lipinski definition) is 4. The molecule has 1 aliphatic rings. The topological polar surface area (TPSA) is 54.5 Å². The van der Waals surface area contributed by atoms with E-state index < -0.39 is 0 Å². The van der Waals surface area contributed by atoms with Crippen LogP contribution in [0.25, 0.3) is 11.1 Å². The Morgan fingerprint density at radius 2 is 1.59 bits per heavy atom. The molecule has 1 amide bonds. The van der Waals surface area contributed by atoms with Gasteiger partial charge in [-0.05, 0) is 28.3 Å². The smallest absolute Gasteiger partial charge is 0.224 e. The average molecular weight is 387 g/mol. The number of benzene rings is 2. The number of pyridine rings is 1. The van der Waals surface area contributed by atoms with Crippen molar-refractivity contribution in [1.82, 2.24) is 10.3 Å². The van der Waals surface area contributed by atoms with Crippen LogP contribution in [0.2, 0.25) is 0 Å². The molecule has 5 nitrogen and oxygen atoms in total. The SMILES string of the molecule is O=C(Cc1ccc(-c2ccccc2)cc1)NCc1ccc(N2CCOCC2)nc1. The molecule has 0 radical (unpaired) electrons. The van der Waals surface area contributed by atoms with Crippen LogP contribution in [-0.2, 0) is 22.5 Å². The fourth-order valence-corrected chi connectivity index (χ4v) is 3.39. The van der Waals surface area contributed by atoms with Crippen LogP contribution >= 0.6 is 0 Å². The zero-order chi connectivity index (χ0) is 19.9. The van der Waals surface area contributed by atoms with Crippen LogP contribution in [-0.4, -0.2) is 37.2 Å². The van der Waals surface area contributed by atoms with Gasteiger partial charge in [-0.25, -0.2) is 4.98 Å². The maximum absolute atomic E-state index is 12.3. The summed E-state index contributed by atoms with van der Waals surface area (Å²) in [5.41, 5.74) is 4.33. The first-order valence-corrected chi connectivity index (χ1v) is 9.96. The first-order chi connectivity index (χ1) is 14.3. The highest BCUT2D eigenvalue weighted by Crippen LogP contribution is 2.19. The van der Waals surface area contributed by atoms with E-state index in [2.05, 4.69) is 39.5 Å². The lowest BCUT2D eigenvalue weighted by Gasteiger charge is -2.27. The quantitative estimate of drug-likeness (QED) is 0.704. The first kappa shape index (κ1) is 19.2. The van der Waals surface area contributed by atoms with Crippen LogP contribution in [0, 0.1) is 0 Å². The Labute approximate surface area is 171 Å². The second kappa shape index (κ2) is 9.34. The van der Waals surface area contributed by atoms with Gasteiger partial charge in [0.05, 0.1) is 19.6 Å². The van der Waals surface area contributed by atoms with Gasteiger partial charge >= 0.3 is 0 Å². The molecule has 3 aromatic rings. The van der Waals surface area contributed by atoms with Crippen molar-refractivity contribution in [3.8, 4) is 11.1 Å². The fourth-order valence-electron chi connectivity index (χ4n) is 3.39. The lowest BCUT2D eigenvalue weighted by atomic mass is 10.0. The van der Waals surface area contributed by atoms with Crippen molar-refractivity contribution in [2.45, 2.75) is 13.0 Å². The Balaban J connectivity index is 1.27. The number of ether oxygens (including phenoxy) is 1. The Kier molecular flexibility index (Phi) is 6.17. The number of anilines is 1. The molecule has 1 aromatic heterocycles. The Bertz CT molecular complexity index is 919. The van der Waals surface area contributed by atoms with E-state index in [1.165, 1.54) is 5.56 Å². The highest BCUT2D eigenvalue weighted by Gasteiger charge is 2.12. The maximum atomic E-state index is 12.3. The van der Waals surface area contributed by atoms with Crippen LogP contribution in [0.5, 0.6) is 0 Å². The second-order valence-corrected chi connectivity index (χ2v) is 7.14. The van der Waals surface area contributed by atoms with Crippen molar-refractivity contribution in [1.29, 1.82) is 0 Å². The van der Waals surface area contributed by atoms with Gasteiger partial charge < -0.3 is 15.0 Å². The number of nitrogens with zero attached hydrogens (tertiary/aromatic N) is 2. The minimum Gasteiger partial charge on any atom is -0.378 e. The summed E-state index contributed by atoms with van der Waals surface area (Å²) >= 11 is 0. The van der Waals surface area contributed by atoms with Gasteiger partial charge in [-0.3, -0.25) is 4.79 Å². The lowest BCUT2D eigenvalue weighted by molar-refractivity contribution is -0.120. The zero-order valence-corrected chi connectivity index (χ0v) is 16.4. The molecule has 5 heteroatoms. The predicted octanol–water partition coefficient (Wildman–Crippen LogP) is 3.44. The number of rotatable bonds is 6. The molecule has 0 saturated carbocycles. The van der Waals surface area contributed by atoms with E-state index >= 15 is 0 Å². The van der Waals surface area contributed by atoms with E-state index in [9.17, 15) is 4.79 Å². The zero-order valence-electron chi connectivity index (χ0n) is 16.4. The Morgan fingerprint density at radius 1 is 0.897 bits per heavy atom. The molecule has 4 rings (SSSR count). The lowest BCUT2D eigenvalue weighted by Crippen LogP contribution is -2.36. The third-order valence-electron chi connectivity index (χ3n) is 5.06. The van der Waals surface area contributed by atoms with E-state index in [0.29, 0.717) is 13.0 Å². The van der Waals surface area contributed by atoms with Crippen molar-refractivity contribution < 1.29 is 9.53 Å². The van der Waals surface area contributed by atoms with Gasteiger partial charge in [0.15, 0.2) is 0 Å². The van der Waals surface area contributed by atoms with Gasteiger partial charge in [0.2, 0.25) is 5.91 Å². The molecule has 1 N–H and O–H groups in total. The van der Waals surface area contributed by atoms with Gasteiger partial charge in [-0.15, -0.1) is 0 Å². The number of amides is 1. The summed E-state index contributed by atoms with van der Waals surface area (Å²) in [7, 11) is 0. The van der Waals surface area contributed by atoms with Crippen LogP contribution in [0.15, 0.2) is 72.9 Å². The van der Waals surface area contributed by atoms with Gasteiger partial charge in [-0.2, -0.15) is 0 Å². The summed E-state index contributed by atoms with van der Waals surface area (Å²) in [4.78, 5) is 19.0. The van der Waals surface area contributed by atoms with Crippen LogP contribution in [0.3, 0.4) is 0 Å². The minimum atomic E-state index is 0.00900. The molecule has 1 aliphatic heterocycles. The highest BCUT2D eigenvalue weighted by atomic mass is 16.5. The van der Waals surface area contributed by atoms with E-state index in [-0.39, 0.29) is 5.91 Å². The van der Waals surface area contributed by atoms with Crippen molar-refractivity contribution in [3.05, 3.63) is 84.1 Å². The molecule has 1 fully saturated rings. The van der Waals surface area contributed by atoms with Crippen molar-refractivity contribution in [2.75, 3.05) is 31.2 Å². The number of aromatic nitrogens is 1. The molecule has 1 saturated heterocycles. The van der Waals surface area contributed by atoms with Crippen molar-refractivity contribution in [2.24, 2.45) is 0 Å². The first-order valence-electron chi connectivity index (χ1n) is 9.96. The molecule has 0 unspecified atom stereocenters. The number of carbonyl (C=O) groups excluding carboxylic acids is 1. The molecule has 0 aliphatic carbocycles. The second-order valence-electron chi connectivity index (χ2n) is 7.14. The van der Waals surface area contributed by atoms with E-state index in [0.717, 1.165) is 48.8 Å². The number of morpholine rings is 1. The summed E-state index contributed by atoms with van der Waals surface area (Å²) in [5, 5.41) is 2.98. The Morgan fingerprint density at radius 3 is 2.28 bits per heavy atom. The largest absolute Gasteiger partial charge is 0.378 e. The molecule has 2 aromatic carbocycles. The highest BCUT2D eigenvalue weighted by molar-refractivity contribution is 5.78. The van der Waals surface area contributed by atoms with Gasteiger partial charge in [0.1, 0.15) is 5.82 Å². The third kappa shape index (κ3) is 5.21. The Hall–Kier alpha value is -3.18. The van der Waals surface area contributed by atoms with E-state index in [1.54, 1.807) is 0 Å². The standard InChI is InChI=1S/C24H25N3O2/c28-24(16-19-6-9-22(10-7-19)21-4-2-1-3-5-21)26-18-20-8-11-23(25-17-20)27-12-14-29-15-13-27/h1-11,17H,12-16,18H2,(H,26,28). The number of nitrogens with one attached hydrogen (secondary N) is 1. The van der Waals surface area contributed by atoms with Crippen LogP contribution in [0.4, 0.5) is 5.82 Å². The molecule has 0 atom stereocenters.